The molecule has 25 heavy (non-hydrogen) atoms. The molecule has 124 valence electrons. The number of nitrogens with zero attached hydrogens (tertiary/aromatic N) is 2. The molecule has 2 aromatic carbocycles. The van der Waals surface area contributed by atoms with Gasteiger partial charge in [0.25, 0.3) is 0 Å². The highest BCUT2D eigenvalue weighted by Crippen LogP contribution is 2.28. The zero-order chi connectivity index (χ0) is 17.4. The van der Waals surface area contributed by atoms with Crippen LogP contribution in [0.1, 0.15) is 11.3 Å². The monoisotopic (exact) mass is 348 g/mol. The van der Waals surface area contributed by atoms with E-state index in [0.717, 1.165) is 21.7 Å². The molecule has 0 radical (unpaired) electrons. The second-order valence-electron chi connectivity index (χ2n) is 6.07. The predicted octanol–water partition coefficient (Wildman–Crippen LogP) is 4.07. The summed E-state index contributed by atoms with van der Waals surface area (Å²) in [7, 11) is -3.47. The fraction of sp³-hybridized carbons (Fsp3) is 0.100. The first-order valence-corrected chi connectivity index (χ1v) is 9.60. The maximum absolute atomic E-state index is 12.8. The quantitative estimate of drug-likeness (QED) is 0.524. The number of aromatic nitrogens is 2. The van der Waals surface area contributed by atoms with Crippen molar-refractivity contribution < 1.29 is 8.42 Å². The van der Waals surface area contributed by atoms with Crippen molar-refractivity contribution >= 4 is 31.5 Å². The van der Waals surface area contributed by atoms with Gasteiger partial charge in [0.2, 0.25) is 0 Å². The van der Waals surface area contributed by atoms with Gasteiger partial charge in [0.1, 0.15) is 0 Å². The number of fused-ring (bicyclic) bond motifs is 3. The van der Waals surface area contributed by atoms with Crippen LogP contribution in [0.15, 0.2) is 71.9 Å². The molecule has 0 unspecified atom stereocenters. The first-order chi connectivity index (χ1) is 12.0. The molecule has 2 aromatic heterocycles. The van der Waals surface area contributed by atoms with Crippen LogP contribution in [0.5, 0.6) is 0 Å². The lowest BCUT2D eigenvalue weighted by atomic mass is 10.1. The number of aryl methyl sites for hydroxylation is 1. The lowest BCUT2D eigenvalue weighted by molar-refractivity contribution is 0.595. The Morgan fingerprint density at radius 1 is 0.880 bits per heavy atom. The number of sulfone groups is 1. The molecule has 0 N–H and O–H groups in total. The third-order valence-electron chi connectivity index (χ3n) is 4.29. The summed E-state index contributed by atoms with van der Waals surface area (Å²) in [5.41, 5.74) is 2.28. The predicted molar refractivity (Wildman–Crippen MR) is 99.1 cm³/mol. The molecular formula is C20H16N2O2S. The van der Waals surface area contributed by atoms with Crippen LogP contribution in [0.3, 0.4) is 0 Å². The number of rotatable bonds is 3. The molecule has 0 aliphatic carbocycles. The fourth-order valence-electron chi connectivity index (χ4n) is 3.00. The summed E-state index contributed by atoms with van der Waals surface area (Å²) in [6.45, 7) is 1.93. The van der Waals surface area contributed by atoms with Crippen molar-refractivity contribution in [3.05, 3.63) is 78.2 Å². The zero-order valence-electron chi connectivity index (χ0n) is 13.7. The van der Waals surface area contributed by atoms with Gasteiger partial charge < -0.3 is 0 Å². The summed E-state index contributed by atoms with van der Waals surface area (Å²) in [5.74, 6) is -0.137. The second-order valence-corrected chi connectivity index (χ2v) is 8.06. The topological polar surface area (TPSA) is 59.9 Å². The number of hydrogen-bond donors (Lipinski definition) is 0. The highest BCUT2D eigenvalue weighted by atomic mass is 32.2. The molecule has 0 spiro atoms. The van der Waals surface area contributed by atoms with Gasteiger partial charge in [0, 0.05) is 17.0 Å². The van der Waals surface area contributed by atoms with Gasteiger partial charge in [-0.05, 0) is 30.5 Å². The smallest absolute Gasteiger partial charge is 0.184 e. The van der Waals surface area contributed by atoms with Gasteiger partial charge in [-0.15, -0.1) is 0 Å². The lowest BCUT2D eigenvalue weighted by Crippen LogP contribution is -2.07. The Kier molecular flexibility index (Phi) is 3.73. The highest BCUT2D eigenvalue weighted by Gasteiger charge is 2.19. The van der Waals surface area contributed by atoms with Gasteiger partial charge in [-0.3, -0.25) is 4.98 Å². The minimum atomic E-state index is -3.47. The van der Waals surface area contributed by atoms with Gasteiger partial charge >= 0.3 is 0 Å². The molecule has 0 saturated heterocycles. The summed E-state index contributed by atoms with van der Waals surface area (Å²) >= 11 is 0. The summed E-state index contributed by atoms with van der Waals surface area (Å²) in [6.07, 6.45) is 3.39. The third-order valence-corrected chi connectivity index (χ3v) is 5.93. The van der Waals surface area contributed by atoms with Crippen LogP contribution >= 0.6 is 0 Å². The van der Waals surface area contributed by atoms with Gasteiger partial charge in [-0.25, -0.2) is 13.4 Å². The zero-order valence-corrected chi connectivity index (χ0v) is 14.5. The van der Waals surface area contributed by atoms with Crippen LogP contribution in [-0.2, 0) is 15.6 Å². The van der Waals surface area contributed by atoms with E-state index >= 15 is 0 Å². The standard InChI is InChI=1S/C20H16N2O2S/c1-14-6-8-15(9-7-14)25(23,24)13-20-17-5-3-2-4-16(17)18-10-11-21-12-19(18)22-20/h2-12H,13H2,1H3. The molecule has 4 rings (SSSR count). The largest absolute Gasteiger partial charge is 0.262 e. The van der Waals surface area contributed by atoms with Crippen LogP contribution in [0.2, 0.25) is 0 Å². The Morgan fingerprint density at radius 3 is 2.36 bits per heavy atom. The van der Waals surface area contributed by atoms with E-state index < -0.39 is 9.84 Å². The van der Waals surface area contributed by atoms with Gasteiger partial charge in [0.05, 0.1) is 28.1 Å². The number of hydrogen-bond acceptors (Lipinski definition) is 4. The lowest BCUT2D eigenvalue weighted by Gasteiger charge is -2.10. The summed E-state index contributed by atoms with van der Waals surface area (Å²) in [4.78, 5) is 9.02. The Labute approximate surface area is 146 Å². The molecule has 0 bridgehead atoms. The molecule has 4 aromatic rings. The van der Waals surface area contributed by atoms with E-state index in [1.165, 1.54) is 0 Å². The molecule has 0 aliphatic heterocycles. The Morgan fingerprint density at radius 2 is 1.60 bits per heavy atom. The maximum atomic E-state index is 12.8. The summed E-state index contributed by atoms with van der Waals surface area (Å²) in [6, 6.07) is 16.6. The van der Waals surface area contributed by atoms with E-state index in [2.05, 4.69) is 9.97 Å². The van der Waals surface area contributed by atoms with E-state index in [4.69, 9.17) is 0 Å². The summed E-state index contributed by atoms with van der Waals surface area (Å²) < 4.78 is 25.7. The fourth-order valence-corrected chi connectivity index (χ4v) is 4.29. The van der Waals surface area contributed by atoms with Gasteiger partial charge in [-0.1, -0.05) is 42.0 Å². The molecule has 0 amide bonds. The van der Waals surface area contributed by atoms with Crippen molar-refractivity contribution in [1.82, 2.24) is 9.97 Å². The van der Waals surface area contributed by atoms with Gasteiger partial charge in [-0.2, -0.15) is 0 Å². The molecule has 2 heterocycles. The number of pyridine rings is 2. The van der Waals surface area contributed by atoms with Crippen molar-refractivity contribution in [3.63, 3.8) is 0 Å². The molecule has 0 fully saturated rings. The van der Waals surface area contributed by atoms with Crippen LogP contribution in [0, 0.1) is 6.92 Å². The van der Waals surface area contributed by atoms with Crippen molar-refractivity contribution in [2.45, 2.75) is 17.6 Å². The Bertz CT molecular complexity index is 1180. The Hall–Kier alpha value is -2.79. The molecule has 4 nitrogen and oxygen atoms in total. The third kappa shape index (κ3) is 2.87. The molecule has 5 heteroatoms. The molecule has 0 saturated carbocycles. The maximum Gasteiger partial charge on any atom is 0.184 e. The van der Waals surface area contributed by atoms with Gasteiger partial charge in [0.15, 0.2) is 9.84 Å². The molecule has 0 aliphatic rings. The van der Waals surface area contributed by atoms with E-state index in [1.54, 1.807) is 24.5 Å². The summed E-state index contributed by atoms with van der Waals surface area (Å²) in [5, 5.41) is 2.82. The normalized spacial score (nSPS) is 11.9. The van der Waals surface area contributed by atoms with E-state index in [9.17, 15) is 8.42 Å². The first kappa shape index (κ1) is 15.7. The average molecular weight is 348 g/mol. The SMILES string of the molecule is Cc1ccc(S(=O)(=O)Cc2nc3cnccc3c3ccccc23)cc1. The van der Waals surface area contributed by atoms with E-state index in [-0.39, 0.29) is 5.75 Å². The second kappa shape index (κ2) is 5.93. The highest BCUT2D eigenvalue weighted by molar-refractivity contribution is 7.90. The van der Waals surface area contributed by atoms with Crippen LogP contribution in [0.25, 0.3) is 21.7 Å². The van der Waals surface area contributed by atoms with Crippen LogP contribution in [0.4, 0.5) is 0 Å². The van der Waals surface area contributed by atoms with Crippen LogP contribution < -0.4 is 0 Å². The molecular weight excluding hydrogens is 332 g/mol. The van der Waals surface area contributed by atoms with E-state index in [0.29, 0.717) is 16.1 Å². The average Bonchev–Trinajstić information content (AvgIpc) is 2.62. The minimum Gasteiger partial charge on any atom is -0.262 e. The van der Waals surface area contributed by atoms with Crippen molar-refractivity contribution in [1.29, 1.82) is 0 Å². The minimum absolute atomic E-state index is 0.137. The number of benzene rings is 2. The van der Waals surface area contributed by atoms with Crippen molar-refractivity contribution in [2.24, 2.45) is 0 Å². The van der Waals surface area contributed by atoms with Crippen LogP contribution in [-0.4, -0.2) is 18.4 Å². The first-order valence-electron chi connectivity index (χ1n) is 7.95. The van der Waals surface area contributed by atoms with E-state index in [1.807, 2.05) is 49.4 Å². The van der Waals surface area contributed by atoms with Crippen molar-refractivity contribution in [3.8, 4) is 0 Å². The molecule has 0 atom stereocenters. The Balaban J connectivity index is 1.89. The van der Waals surface area contributed by atoms with Crippen molar-refractivity contribution in [2.75, 3.05) is 0 Å².